The number of unbranched alkanes of at least 4 members (excludes halogenated alkanes) is 10. The summed E-state index contributed by atoms with van der Waals surface area (Å²) in [5.41, 5.74) is 6.94. The van der Waals surface area contributed by atoms with Crippen LogP contribution in [0.2, 0.25) is 0 Å². The van der Waals surface area contributed by atoms with E-state index in [4.69, 9.17) is 4.98 Å². The lowest BCUT2D eigenvalue weighted by molar-refractivity contribution is -0.552. The third kappa shape index (κ3) is 10.3. The van der Waals surface area contributed by atoms with Crippen LogP contribution in [0.25, 0.3) is 11.3 Å². The van der Waals surface area contributed by atoms with E-state index in [1.54, 1.807) is 16.7 Å². The molecule has 2 heterocycles. The van der Waals surface area contributed by atoms with Crippen molar-refractivity contribution in [3.63, 3.8) is 0 Å². The molecule has 5 nitrogen and oxygen atoms in total. The molecule has 1 unspecified atom stereocenters. The molecular weight excluding hydrogens is 603 g/mol. The Morgan fingerprint density at radius 3 is 2.04 bits per heavy atom. The van der Waals surface area contributed by atoms with Crippen LogP contribution in [0.3, 0.4) is 0 Å². The molecule has 1 aliphatic heterocycles. The van der Waals surface area contributed by atoms with E-state index in [2.05, 4.69) is 93.4 Å². The maximum absolute atomic E-state index is 13.8. The number of hydrogen-bond donors (Lipinski definition) is 2. The van der Waals surface area contributed by atoms with Crippen LogP contribution in [0.5, 0.6) is 5.75 Å². The first-order chi connectivity index (χ1) is 23.7. The molecule has 0 aliphatic carbocycles. The molecule has 0 saturated heterocycles. The van der Waals surface area contributed by atoms with E-state index < -0.39 is 6.04 Å². The monoisotopic (exact) mass is 656 g/mol. The summed E-state index contributed by atoms with van der Waals surface area (Å²) >= 11 is 0. The SMILES string of the molecule is CCCCCCCCCCCCC#Cc1ccc(CC2Nc3c(Cc4ccc(O)cc4)nc(-c4ccc(C(C)(C)C)cc4)c[n+]3C2=O)cc1. The topological polar surface area (TPSA) is 66.1 Å². The fraction of sp³-hybridized carbons (Fsp3) is 0.432. The Morgan fingerprint density at radius 2 is 1.41 bits per heavy atom. The number of carbonyl (C=O) groups is 1. The van der Waals surface area contributed by atoms with Gasteiger partial charge in [0.15, 0.2) is 6.04 Å². The summed E-state index contributed by atoms with van der Waals surface area (Å²) in [6.07, 6.45) is 17.3. The molecule has 1 aromatic heterocycles. The fourth-order valence-electron chi connectivity index (χ4n) is 6.45. The molecule has 256 valence electrons. The number of aromatic nitrogens is 2. The number of benzene rings is 3. The molecule has 0 amide bonds. The van der Waals surface area contributed by atoms with Crippen molar-refractivity contribution >= 4 is 11.7 Å². The van der Waals surface area contributed by atoms with Crippen molar-refractivity contribution in [3.05, 3.63) is 107 Å². The van der Waals surface area contributed by atoms with Crippen molar-refractivity contribution in [2.45, 2.75) is 123 Å². The van der Waals surface area contributed by atoms with Crippen molar-refractivity contribution in [1.82, 2.24) is 4.98 Å². The van der Waals surface area contributed by atoms with E-state index in [1.165, 1.54) is 69.8 Å². The third-order valence-electron chi connectivity index (χ3n) is 9.50. The Kier molecular flexibility index (Phi) is 12.7. The minimum atomic E-state index is -0.396. The van der Waals surface area contributed by atoms with E-state index >= 15 is 0 Å². The Balaban J connectivity index is 1.21. The average Bonchev–Trinajstić information content (AvgIpc) is 3.41. The summed E-state index contributed by atoms with van der Waals surface area (Å²) < 4.78 is 1.74. The van der Waals surface area contributed by atoms with Crippen molar-refractivity contribution in [2.75, 3.05) is 5.32 Å². The van der Waals surface area contributed by atoms with Gasteiger partial charge in [0.25, 0.3) is 0 Å². The van der Waals surface area contributed by atoms with Gasteiger partial charge in [-0.15, -0.1) is 0 Å². The van der Waals surface area contributed by atoms with Gasteiger partial charge < -0.3 is 5.11 Å². The Labute approximate surface area is 294 Å². The summed E-state index contributed by atoms with van der Waals surface area (Å²) in [7, 11) is 0. The minimum absolute atomic E-state index is 0.0114. The molecule has 3 aromatic carbocycles. The number of fused-ring (bicyclic) bond motifs is 1. The molecule has 5 rings (SSSR count). The number of hydrogen-bond acceptors (Lipinski definition) is 4. The van der Waals surface area contributed by atoms with Crippen LogP contribution < -0.4 is 9.88 Å². The van der Waals surface area contributed by atoms with Gasteiger partial charge in [0, 0.05) is 30.4 Å². The van der Waals surface area contributed by atoms with Gasteiger partial charge in [-0.05, 0) is 52.8 Å². The molecule has 5 heteroatoms. The predicted molar refractivity (Wildman–Crippen MR) is 201 cm³/mol. The molecule has 0 fully saturated rings. The summed E-state index contributed by atoms with van der Waals surface area (Å²) in [5.74, 6) is 7.65. The third-order valence-corrected chi connectivity index (χ3v) is 9.50. The smallest absolute Gasteiger partial charge is 0.359 e. The first-order valence-corrected chi connectivity index (χ1v) is 18.4. The highest BCUT2D eigenvalue weighted by Crippen LogP contribution is 2.28. The quantitative estimate of drug-likeness (QED) is 0.0759. The number of aromatic hydroxyl groups is 1. The molecule has 1 aliphatic rings. The number of anilines is 1. The van der Waals surface area contributed by atoms with Crippen LogP contribution in [0.4, 0.5) is 5.82 Å². The molecule has 1 atom stereocenters. The highest BCUT2D eigenvalue weighted by molar-refractivity contribution is 5.82. The van der Waals surface area contributed by atoms with Crippen LogP contribution in [0.1, 0.15) is 131 Å². The Morgan fingerprint density at radius 1 is 0.796 bits per heavy atom. The Hall–Kier alpha value is -4.43. The van der Waals surface area contributed by atoms with Crippen LogP contribution in [0, 0.1) is 11.8 Å². The summed E-state index contributed by atoms with van der Waals surface area (Å²) in [6.45, 7) is 8.87. The van der Waals surface area contributed by atoms with Crippen molar-refractivity contribution in [2.24, 2.45) is 0 Å². The summed E-state index contributed by atoms with van der Waals surface area (Å²) in [5, 5.41) is 13.3. The minimum Gasteiger partial charge on any atom is -0.508 e. The first kappa shape index (κ1) is 35.9. The second-order valence-corrected chi connectivity index (χ2v) is 14.6. The van der Waals surface area contributed by atoms with Gasteiger partial charge in [-0.3, -0.25) is 5.32 Å². The van der Waals surface area contributed by atoms with Gasteiger partial charge in [0.2, 0.25) is 0 Å². The van der Waals surface area contributed by atoms with Crippen molar-refractivity contribution in [1.29, 1.82) is 0 Å². The highest BCUT2D eigenvalue weighted by atomic mass is 16.3. The van der Waals surface area contributed by atoms with Gasteiger partial charge >= 0.3 is 11.7 Å². The number of nitrogens with one attached hydrogen (secondary N) is 1. The number of phenolic OH excluding ortho intramolecular Hbond substituents is 1. The molecule has 2 N–H and O–H groups in total. The Bertz CT molecular complexity index is 1720. The van der Waals surface area contributed by atoms with Crippen molar-refractivity contribution < 1.29 is 14.5 Å². The first-order valence-electron chi connectivity index (χ1n) is 18.4. The second kappa shape index (κ2) is 17.3. The molecule has 0 radical (unpaired) electrons. The lowest BCUT2D eigenvalue weighted by atomic mass is 9.86. The fourth-order valence-corrected chi connectivity index (χ4v) is 6.45. The molecule has 0 saturated carbocycles. The largest absolute Gasteiger partial charge is 0.508 e. The maximum atomic E-state index is 13.8. The number of phenols is 1. The summed E-state index contributed by atoms with van der Waals surface area (Å²) in [6, 6.07) is 23.5. The normalized spacial score (nSPS) is 13.9. The molecule has 4 aromatic rings. The summed E-state index contributed by atoms with van der Waals surface area (Å²) in [4.78, 5) is 18.9. The molecular formula is C44H54N3O2+. The van der Waals surface area contributed by atoms with Crippen LogP contribution in [-0.4, -0.2) is 22.0 Å². The maximum Gasteiger partial charge on any atom is 0.359 e. The van der Waals surface area contributed by atoms with E-state index in [-0.39, 0.29) is 17.1 Å². The standard InChI is InChI=1S/C44H53N3O2/c1-5-6-7-8-9-10-11-12-13-14-15-16-17-33-18-20-34(21-19-33)31-40-43(49)47-32-41(36-24-26-37(27-25-36)44(2,3)4)45-39(42(47)46-40)30-35-22-28-38(48)29-23-35/h18-29,32,40,48H,5-15,30-31H2,1-4H3/p+1. The molecule has 0 bridgehead atoms. The number of nitrogens with zero attached hydrogens (tertiary/aromatic N) is 2. The average molecular weight is 657 g/mol. The van der Waals surface area contributed by atoms with Crippen LogP contribution >= 0.6 is 0 Å². The van der Waals surface area contributed by atoms with Crippen LogP contribution in [0.15, 0.2) is 79.0 Å². The number of rotatable bonds is 15. The van der Waals surface area contributed by atoms with E-state index in [1.807, 2.05) is 18.3 Å². The zero-order valence-electron chi connectivity index (χ0n) is 30.0. The van der Waals surface area contributed by atoms with Gasteiger partial charge in [-0.2, -0.15) is 4.57 Å². The van der Waals surface area contributed by atoms with Gasteiger partial charge in [0.1, 0.15) is 23.3 Å². The lowest BCUT2D eigenvalue weighted by Crippen LogP contribution is -2.44. The predicted octanol–water partition coefficient (Wildman–Crippen LogP) is 9.97. The molecule has 49 heavy (non-hydrogen) atoms. The van der Waals surface area contributed by atoms with Crippen molar-refractivity contribution in [3.8, 4) is 28.8 Å². The lowest BCUT2D eigenvalue weighted by Gasteiger charge is -2.19. The second-order valence-electron chi connectivity index (χ2n) is 14.6. The van der Waals surface area contributed by atoms with Gasteiger partial charge in [-0.1, -0.05) is 146 Å². The molecule has 0 spiro atoms. The van der Waals surface area contributed by atoms with E-state index in [0.29, 0.717) is 12.8 Å². The van der Waals surface area contributed by atoms with Crippen LogP contribution in [-0.2, 0) is 18.3 Å². The van der Waals surface area contributed by atoms with E-state index in [9.17, 15) is 9.90 Å². The highest BCUT2D eigenvalue weighted by Gasteiger charge is 2.41. The van der Waals surface area contributed by atoms with E-state index in [0.717, 1.165) is 45.9 Å². The number of carbonyl (C=O) groups excluding carboxylic acids is 1. The van der Waals surface area contributed by atoms with Gasteiger partial charge in [0.05, 0.1) is 0 Å². The van der Waals surface area contributed by atoms with Gasteiger partial charge in [-0.25, -0.2) is 9.78 Å². The zero-order valence-corrected chi connectivity index (χ0v) is 30.0. The zero-order chi connectivity index (χ0) is 34.6.